The minimum Gasteiger partial charge on any atom is -0.340 e. The van der Waals surface area contributed by atoms with Crippen LogP contribution < -0.4 is 5.32 Å². The monoisotopic (exact) mass is 182 g/mol. The number of carbonyl (C=O) groups is 1. The molecule has 0 saturated carbocycles. The second kappa shape index (κ2) is 3.49. The van der Waals surface area contributed by atoms with Crippen LogP contribution in [0, 0.1) is 4.64 Å². The van der Waals surface area contributed by atoms with Crippen LogP contribution in [0.1, 0.15) is 6.92 Å². The SMILES string of the molecule is CC(=O)Nc1ccc(=S)n(C)c1. The molecule has 0 radical (unpaired) electrons. The van der Waals surface area contributed by atoms with Gasteiger partial charge in [-0.3, -0.25) is 4.79 Å². The maximum Gasteiger partial charge on any atom is 0.221 e. The number of aromatic nitrogens is 1. The molecule has 64 valence electrons. The van der Waals surface area contributed by atoms with E-state index in [4.69, 9.17) is 12.2 Å². The first-order valence-electron chi connectivity index (χ1n) is 3.54. The van der Waals surface area contributed by atoms with Crippen LogP contribution in [0.4, 0.5) is 5.69 Å². The largest absolute Gasteiger partial charge is 0.340 e. The molecule has 0 saturated heterocycles. The molecule has 4 heteroatoms. The highest BCUT2D eigenvalue weighted by Crippen LogP contribution is 2.05. The quantitative estimate of drug-likeness (QED) is 0.671. The molecule has 1 aromatic rings. The number of nitrogens with zero attached hydrogens (tertiary/aromatic N) is 1. The van der Waals surface area contributed by atoms with Crippen LogP contribution in [-0.4, -0.2) is 10.5 Å². The Morgan fingerprint density at radius 1 is 1.58 bits per heavy atom. The van der Waals surface area contributed by atoms with E-state index in [1.807, 2.05) is 7.05 Å². The lowest BCUT2D eigenvalue weighted by Gasteiger charge is -2.03. The molecule has 0 aliphatic heterocycles. The van der Waals surface area contributed by atoms with Crippen molar-refractivity contribution in [2.75, 3.05) is 5.32 Å². The van der Waals surface area contributed by atoms with Crippen LogP contribution in [-0.2, 0) is 11.8 Å². The van der Waals surface area contributed by atoms with Crippen LogP contribution in [0.25, 0.3) is 0 Å². The van der Waals surface area contributed by atoms with Gasteiger partial charge < -0.3 is 9.88 Å². The minimum absolute atomic E-state index is 0.0767. The highest BCUT2D eigenvalue weighted by molar-refractivity contribution is 7.71. The van der Waals surface area contributed by atoms with Gasteiger partial charge in [0, 0.05) is 20.2 Å². The van der Waals surface area contributed by atoms with Crippen molar-refractivity contribution in [3.63, 3.8) is 0 Å². The summed E-state index contributed by atoms with van der Waals surface area (Å²) in [6.07, 6.45) is 1.78. The summed E-state index contributed by atoms with van der Waals surface area (Å²) in [6.45, 7) is 1.47. The molecule has 3 nitrogen and oxygen atoms in total. The lowest BCUT2D eigenvalue weighted by molar-refractivity contribution is -0.114. The van der Waals surface area contributed by atoms with E-state index in [1.54, 1.807) is 22.9 Å². The van der Waals surface area contributed by atoms with Gasteiger partial charge in [0.2, 0.25) is 5.91 Å². The molecule has 1 N–H and O–H groups in total. The van der Waals surface area contributed by atoms with E-state index >= 15 is 0 Å². The average molecular weight is 182 g/mol. The van der Waals surface area contributed by atoms with Crippen LogP contribution in [0.5, 0.6) is 0 Å². The van der Waals surface area contributed by atoms with Crippen molar-refractivity contribution in [2.24, 2.45) is 7.05 Å². The molecule has 0 aromatic carbocycles. The molecule has 0 aliphatic rings. The number of rotatable bonds is 1. The molecule has 0 unspecified atom stereocenters. The fraction of sp³-hybridized carbons (Fsp3) is 0.250. The number of carbonyl (C=O) groups excluding carboxylic acids is 1. The molecule has 0 atom stereocenters. The third-order valence-corrected chi connectivity index (χ3v) is 1.83. The van der Waals surface area contributed by atoms with Gasteiger partial charge in [-0.05, 0) is 12.1 Å². The van der Waals surface area contributed by atoms with Crippen LogP contribution >= 0.6 is 12.2 Å². The Hall–Kier alpha value is -1.16. The Kier molecular flexibility index (Phi) is 2.60. The van der Waals surface area contributed by atoms with Crippen molar-refractivity contribution in [3.8, 4) is 0 Å². The molecular formula is C8H10N2OS. The summed E-state index contributed by atoms with van der Waals surface area (Å²) in [5.41, 5.74) is 0.763. The highest BCUT2D eigenvalue weighted by Gasteiger charge is 1.94. The third-order valence-electron chi connectivity index (χ3n) is 1.41. The fourth-order valence-electron chi connectivity index (χ4n) is 0.871. The van der Waals surface area contributed by atoms with Gasteiger partial charge in [0.05, 0.1) is 5.69 Å². The summed E-state index contributed by atoms with van der Waals surface area (Å²) in [6, 6.07) is 3.56. The third kappa shape index (κ3) is 2.17. The Labute approximate surface area is 76.0 Å². The topological polar surface area (TPSA) is 34.0 Å². The molecular weight excluding hydrogens is 172 g/mol. The molecule has 1 aromatic heterocycles. The zero-order valence-corrected chi connectivity index (χ0v) is 7.81. The van der Waals surface area contributed by atoms with Crippen molar-refractivity contribution in [2.45, 2.75) is 6.92 Å². The molecule has 0 fully saturated rings. The summed E-state index contributed by atoms with van der Waals surface area (Å²) in [7, 11) is 1.84. The summed E-state index contributed by atoms with van der Waals surface area (Å²) in [4.78, 5) is 10.7. The Morgan fingerprint density at radius 2 is 2.25 bits per heavy atom. The summed E-state index contributed by atoms with van der Waals surface area (Å²) < 4.78 is 2.52. The van der Waals surface area contributed by atoms with Gasteiger partial charge in [0.25, 0.3) is 0 Å². The smallest absolute Gasteiger partial charge is 0.221 e. The van der Waals surface area contributed by atoms with Crippen molar-refractivity contribution < 1.29 is 4.79 Å². The first kappa shape index (κ1) is 8.93. The van der Waals surface area contributed by atoms with Crippen molar-refractivity contribution in [1.82, 2.24) is 4.57 Å². The zero-order chi connectivity index (χ0) is 9.14. The van der Waals surface area contributed by atoms with E-state index in [0.717, 1.165) is 10.3 Å². The van der Waals surface area contributed by atoms with Gasteiger partial charge in [-0.2, -0.15) is 0 Å². The first-order chi connectivity index (χ1) is 5.59. The average Bonchev–Trinajstić information content (AvgIpc) is 1.96. The predicted octanol–water partition coefficient (Wildman–Crippen LogP) is 1.71. The van der Waals surface area contributed by atoms with E-state index in [0.29, 0.717) is 0 Å². The lowest BCUT2D eigenvalue weighted by Crippen LogP contribution is -2.07. The zero-order valence-electron chi connectivity index (χ0n) is 7.00. The summed E-state index contributed by atoms with van der Waals surface area (Å²) in [5.74, 6) is -0.0767. The van der Waals surface area contributed by atoms with Crippen molar-refractivity contribution in [3.05, 3.63) is 23.0 Å². The minimum atomic E-state index is -0.0767. The number of hydrogen-bond acceptors (Lipinski definition) is 2. The van der Waals surface area contributed by atoms with Crippen LogP contribution in [0.3, 0.4) is 0 Å². The van der Waals surface area contributed by atoms with Gasteiger partial charge in [0.15, 0.2) is 0 Å². The fourth-order valence-corrected chi connectivity index (χ4v) is 0.992. The number of anilines is 1. The van der Waals surface area contributed by atoms with E-state index in [-0.39, 0.29) is 5.91 Å². The van der Waals surface area contributed by atoms with Gasteiger partial charge in [0.1, 0.15) is 4.64 Å². The molecule has 0 bridgehead atoms. The number of nitrogens with one attached hydrogen (secondary N) is 1. The van der Waals surface area contributed by atoms with E-state index in [9.17, 15) is 4.79 Å². The number of aryl methyl sites for hydroxylation is 1. The van der Waals surface area contributed by atoms with Crippen LogP contribution in [0.2, 0.25) is 0 Å². The maximum atomic E-state index is 10.7. The second-order valence-corrected chi connectivity index (χ2v) is 2.97. The first-order valence-corrected chi connectivity index (χ1v) is 3.94. The molecule has 12 heavy (non-hydrogen) atoms. The van der Waals surface area contributed by atoms with E-state index < -0.39 is 0 Å². The molecule has 0 aliphatic carbocycles. The Morgan fingerprint density at radius 3 is 2.75 bits per heavy atom. The Balaban J connectivity index is 2.97. The summed E-state index contributed by atoms with van der Waals surface area (Å²) >= 11 is 4.98. The van der Waals surface area contributed by atoms with Gasteiger partial charge in [-0.1, -0.05) is 12.2 Å². The van der Waals surface area contributed by atoms with E-state index in [1.165, 1.54) is 6.92 Å². The van der Waals surface area contributed by atoms with Crippen molar-refractivity contribution >= 4 is 23.8 Å². The standard InChI is InChI=1S/C8H10N2OS/c1-6(11)9-7-3-4-8(12)10(2)5-7/h3-5H,1-2H3,(H,9,11). The summed E-state index contributed by atoms with van der Waals surface area (Å²) in [5, 5.41) is 2.67. The Bertz CT molecular complexity index is 356. The van der Waals surface area contributed by atoms with Gasteiger partial charge in [-0.15, -0.1) is 0 Å². The molecule has 1 heterocycles. The van der Waals surface area contributed by atoms with E-state index in [2.05, 4.69) is 5.32 Å². The lowest BCUT2D eigenvalue weighted by atomic mass is 10.4. The molecule has 1 rings (SSSR count). The highest BCUT2D eigenvalue weighted by atomic mass is 32.1. The number of hydrogen-bond donors (Lipinski definition) is 1. The molecule has 1 amide bonds. The van der Waals surface area contributed by atoms with Crippen molar-refractivity contribution in [1.29, 1.82) is 0 Å². The van der Waals surface area contributed by atoms with Crippen LogP contribution in [0.15, 0.2) is 18.3 Å². The number of amides is 1. The maximum absolute atomic E-state index is 10.7. The van der Waals surface area contributed by atoms with Gasteiger partial charge in [-0.25, -0.2) is 0 Å². The second-order valence-electron chi connectivity index (χ2n) is 2.55. The molecule has 0 spiro atoms. The normalized spacial score (nSPS) is 9.50. The van der Waals surface area contributed by atoms with Gasteiger partial charge >= 0.3 is 0 Å². The predicted molar refractivity (Wildman–Crippen MR) is 50.6 cm³/mol. The number of pyridine rings is 1.